The van der Waals surface area contributed by atoms with E-state index < -0.39 is 0 Å². The summed E-state index contributed by atoms with van der Waals surface area (Å²) in [5, 5.41) is 5.98. The van der Waals surface area contributed by atoms with Gasteiger partial charge in [0, 0.05) is 64.4 Å². The standard InChI is InChI=1S/2C8H12.2C7H9NS.2Rh/c2*1-2-4-6-8-7-5-3-1;2*1-8-6-4-2-3-5-7(6)9;;/h2*1-2,7-8H,3-6H2;2*2-5,8-9H,1H3;;/p-2/b2*2-1-,8-7-;;;;. The number of allylic oxidation sites excluding steroid dienone is 8. The van der Waals surface area contributed by atoms with Crippen LogP contribution in [0.2, 0.25) is 0 Å². The zero-order valence-electron chi connectivity index (χ0n) is 21.4. The maximum Gasteiger partial charge on any atom is 0.0143 e. The molecule has 2 N–H and O–H groups in total. The first-order chi connectivity index (χ1) is 16.7. The summed E-state index contributed by atoms with van der Waals surface area (Å²) < 4.78 is 0. The van der Waals surface area contributed by atoms with Gasteiger partial charge in [-0.3, -0.25) is 0 Å². The van der Waals surface area contributed by atoms with Gasteiger partial charge in [0.15, 0.2) is 0 Å². The van der Waals surface area contributed by atoms with Crippen molar-refractivity contribution >= 4 is 36.6 Å². The number of hydrogen-bond acceptors (Lipinski definition) is 4. The van der Waals surface area contributed by atoms with Crippen LogP contribution < -0.4 is 10.6 Å². The zero-order valence-corrected chi connectivity index (χ0v) is 26.3. The number of para-hydroxylation sites is 2. The molecule has 0 amide bonds. The van der Waals surface area contributed by atoms with E-state index in [1.807, 2.05) is 62.6 Å². The third-order valence-electron chi connectivity index (χ3n) is 4.98. The van der Waals surface area contributed by atoms with Gasteiger partial charge in [-0.15, -0.1) is 0 Å². The van der Waals surface area contributed by atoms with Crippen molar-refractivity contribution in [2.45, 2.75) is 61.2 Å². The third kappa shape index (κ3) is 19.8. The van der Waals surface area contributed by atoms with Gasteiger partial charge in [-0.2, -0.15) is 9.79 Å². The van der Waals surface area contributed by atoms with Gasteiger partial charge in [-0.25, -0.2) is 0 Å². The molecule has 6 heteroatoms. The predicted molar refractivity (Wildman–Crippen MR) is 157 cm³/mol. The fourth-order valence-corrected chi connectivity index (χ4v) is 3.56. The monoisotopic (exact) mass is 698 g/mol. The minimum Gasteiger partial charge on any atom is -0.778 e. The Balaban J connectivity index is 0. The Kier molecular flexibility index (Phi) is 27.4. The second-order valence-electron chi connectivity index (χ2n) is 7.69. The van der Waals surface area contributed by atoms with Crippen LogP contribution in [-0.4, -0.2) is 14.1 Å². The molecule has 2 nitrogen and oxygen atoms in total. The molecule has 0 aliphatic heterocycles. The summed E-state index contributed by atoms with van der Waals surface area (Å²) in [5.74, 6) is 0. The van der Waals surface area contributed by atoms with E-state index in [0.717, 1.165) is 21.2 Å². The molecular formula is C30H40N2Rh2S2-2. The molecule has 0 atom stereocenters. The average Bonchev–Trinajstić information content (AvgIpc) is 2.80. The average molecular weight is 699 g/mol. The Bertz CT molecular complexity index is 771. The van der Waals surface area contributed by atoms with Crippen LogP contribution in [0, 0.1) is 0 Å². The molecule has 0 fully saturated rings. The molecule has 0 saturated carbocycles. The Morgan fingerprint density at radius 2 is 0.667 bits per heavy atom. The topological polar surface area (TPSA) is 24.1 Å². The van der Waals surface area contributed by atoms with Gasteiger partial charge < -0.3 is 35.9 Å². The van der Waals surface area contributed by atoms with E-state index in [4.69, 9.17) is 25.3 Å². The molecule has 4 rings (SSSR count). The number of rotatable bonds is 2. The summed E-state index contributed by atoms with van der Waals surface area (Å²) in [6, 6.07) is 15.5. The third-order valence-corrected chi connectivity index (χ3v) is 5.69. The molecule has 0 bridgehead atoms. The fourth-order valence-electron chi connectivity index (χ4n) is 3.06. The first-order valence-corrected chi connectivity index (χ1v) is 13.0. The van der Waals surface area contributed by atoms with Gasteiger partial charge in [-0.05, 0) is 63.5 Å². The molecule has 2 aromatic carbocycles. The number of nitrogens with one attached hydrogen (secondary N) is 2. The van der Waals surface area contributed by atoms with Crippen molar-refractivity contribution in [3.8, 4) is 0 Å². The van der Waals surface area contributed by atoms with Crippen LogP contribution in [0.5, 0.6) is 0 Å². The largest absolute Gasteiger partial charge is 0.778 e. The van der Waals surface area contributed by atoms with Crippen molar-refractivity contribution in [2.75, 3.05) is 24.7 Å². The van der Waals surface area contributed by atoms with Gasteiger partial charge in [-0.1, -0.05) is 85.0 Å². The SMILES string of the molecule is C1=C\CC/C=C\CC/1.C1=C\CC/C=C\CC/1.CNc1ccccc1[S-].CNc1ccccc1[S-].[Rh].[Rh]. The van der Waals surface area contributed by atoms with Gasteiger partial charge >= 0.3 is 0 Å². The molecule has 2 aliphatic rings. The first kappa shape index (κ1) is 36.8. The van der Waals surface area contributed by atoms with Crippen LogP contribution in [0.4, 0.5) is 11.4 Å². The maximum absolute atomic E-state index is 4.99. The van der Waals surface area contributed by atoms with E-state index in [9.17, 15) is 0 Å². The van der Waals surface area contributed by atoms with Gasteiger partial charge in [0.1, 0.15) is 0 Å². The second kappa shape index (κ2) is 26.7. The molecule has 0 aromatic heterocycles. The van der Waals surface area contributed by atoms with Gasteiger partial charge in [0.2, 0.25) is 0 Å². The number of hydrogen-bond donors (Lipinski definition) is 2. The van der Waals surface area contributed by atoms with Gasteiger partial charge in [0.05, 0.1) is 0 Å². The van der Waals surface area contributed by atoms with E-state index in [2.05, 4.69) is 59.2 Å². The summed E-state index contributed by atoms with van der Waals surface area (Å²) in [7, 11) is 3.73. The summed E-state index contributed by atoms with van der Waals surface area (Å²) in [6.07, 6.45) is 28.0. The molecule has 0 saturated heterocycles. The van der Waals surface area contributed by atoms with E-state index in [-0.39, 0.29) is 39.0 Å². The number of anilines is 2. The van der Waals surface area contributed by atoms with Gasteiger partial charge in [0.25, 0.3) is 0 Å². The Hall–Kier alpha value is -1.31. The normalized spacial score (nSPS) is 16.9. The molecule has 0 spiro atoms. The molecule has 2 aliphatic carbocycles. The Morgan fingerprint density at radius 1 is 0.444 bits per heavy atom. The van der Waals surface area contributed by atoms with E-state index in [0.29, 0.717) is 0 Å². The van der Waals surface area contributed by atoms with Crippen LogP contribution in [0.25, 0.3) is 0 Å². The maximum atomic E-state index is 4.99. The van der Waals surface area contributed by atoms with Crippen LogP contribution in [0.15, 0.2) is 107 Å². The Labute approximate surface area is 256 Å². The van der Waals surface area contributed by atoms with E-state index in [1.165, 1.54) is 51.4 Å². The van der Waals surface area contributed by atoms with Crippen LogP contribution in [0.1, 0.15) is 51.4 Å². The quantitative estimate of drug-likeness (QED) is 0.187. The van der Waals surface area contributed by atoms with Crippen molar-refractivity contribution in [2.24, 2.45) is 0 Å². The van der Waals surface area contributed by atoms with E-state index >= 15 is 0 Å². The van der Waals surface area contributed by atoms with Crippen LogP contribution in [0.3, 0.4) is 0 Å². The molecular weight excluding hydrogens is 658 g/mol. The Morgan fingerprint density at radius 3 is 0.833 bits per heavy atom. The molecule has 0 unspecified atom stereocenters. The number of benzene rings is 2. The van der Waals surface area contributed by atoms with Crippen LogP contribution >= 0.6 is 0 Å². The summed E-state index contributed by atoms with van der Waals surface area (Å²) in [4.78, 5) is 1.75. The zero-order chi connectivity index (χ0) is 24.7. The van der Waals surface area contributed by atoms with E-state index in [1.54, 1.807) is 0 Å². The van der Waals surface area contributed by atoms with Crippen molar-refractivity contribution in [1.29, 1.82) is 0 Å². The van der Waals surface area contributed by atoms with Crippen molar-refractivity contribution < 1.29 is 39.0 Å². The smallest absolute Gasteiger partial charge is 0.0143 e. The van der Waals surface area contributed by atoms with Crippen molar-refractivity contribution in [3.63, 3.8) is 0 Å². The minimum absolute atomic E-state index is 0. The molecule has 2 radical (unpaired) electrons. The fraction of sp³-hybridized carbons (Fsp3) is 0.333. The van der Waals surface area contributed by atoms with Crippen molar-refractivity contribution in [3.05, 3.63) is 97.1 Å². The second-order valence-corrected chi connectivity index (χ2v) is 8.57. The molecule has 0 heterocycles. The molecule has 36 heavy (non-hydrogen) atoms. The minimum atomic E-state index is 0. The molecule has 2 aromatic rings. The summed E-state index contributed by atoms with van der Waals surface area (Å²) in [5.41, 5.74) is 2.04. The summed E-state index contributed by atoms with van der Waals surface area (Å²) in [6.45, 7) is 0. The first-order valence-electron chi connectivity index (χ1n) is 12.2. The molecule has 202 valence electrons. The predicted octanol–water partition coefficient (Wildman–Crippen LogP) is 8.61. The van der Waals surface area contributed by atoms with Crippen LogP contribution in [-0.2, 0) is 64.2 Å². The van der Waals surface area contributed by atoms with Crippen molar-refractivity contribution in [1.82, 2.24) is 0 Å². The summed E-state index contributed by atoms with van der Waals surface area (Å²) >= 11 is 9.98.